The van der Waals surface area contributed by atoms with Crippen LogP contribution in [-0.2, 0) is 9.53 Å². The lowest BCUT2D eigenvalue weighted by atomic mass is 9.81. The lowest BCUT2D eigenvalue weighted by Crippen LogP contribution is -2.37. The number of methoxy groups -OCH3 is 1. The van der Waals surface area contributed by atoms with Gasteiger partial charge in [-0.05, 0) is 37.0 Å². The molecule has 0 bridgehead atoms. The molecule has 0 radical (unpaired) electrons. The first-order valence-electron chi connectivity index (χ1n) is 8.31. The van der Waals surface area contributed by atoms with Crippen LogP contribution in [0.25, 0.3) is 0 Å². The molecule has 1 aromatic carbocycles. The third-order valence-electron chi connectivity index (χ3n) is 5.22. The molecule has 1 aromatic rings. The maximum absolute atomic E-state index is 12.8. The van der Waals surface area contributed by atoms with Gasteiger partial charge in [-0.15, -0.1) is 0 Å². The zero-order chi connectivity index (χ0) is 17.2. The van der Waals surface area contributed by atoms with Crippen LogP contribution < -0.4 is 4.74 Å². The molecule has 1 saturated heterocycles. The summed E-state index contributed by atoms with van der Waals surface area (Å²) in [7, 11) is 1.60. The van der Waals surface area contributed by atoms with Gasteiger partial charge in [-0.1, -0.05) is 12.5 Å². The molecule has 24 heavy (non-hydrogen) atoms. The number of hydrogen-bond donors (Lipinski definition) is 1. The van der Waals surface area contributed by atoms with Gasteiger partial charge >= 0.3 is 5.97 Å². The highest BCUT2D eigenvalue weighted by molar-refractivity contribution is 5.95. The minimum atomic E-state index is -0.767. The summed E-state index contributed by atoms with van der Waals surface area (Å²) in [6.45, 7) is 1.73. The van der Waals surface area contributed by atoms with E-state index in [1.165, 1.54) is 0 Å². The van der Waals surface area contributed by atoms with Gasteiger partial charge < -0.3 is 19.5 Å². The number of ether oxygens (including phenoxy) is 2. The molecule has 0 aromatic heterocycles. The Morgan fingerprint density at radius 1 is 1.38 bits per heavy atom. The van der Waals surface area contributed by atoms with Crippen molar-refractivity contribution in [2.24, 2.45) is 11.3 Å². The van der Waals surface area contributed by atoms with Crippen LogP contribution in [-0.4, -0.2) is 55.3 Å². The van der Waals surface area contributed by atoms with Crippen LogP contribution in [0.5, 0.6) is 5.75 Å². The SMILES string of the molecule is COCCOc1cccc(C(=O)N2C[C@@H]3CCC[C@@]3(C(=O)O)C2)c1. The summed E-state index contributed by atoms with van der Waals surface area (Å²) >= 11 is 0. The molecule has 1 saturated carbocycles. The number of carboxylic acid groups (broad SMARTS) is 1. The molecule has 1 aliphatic carbocycles. The fourth-order valence-electron chi connectivity index (χ4n) is 3.94. The first kappa shape index (κ1) is 16.8. The Morgan fingerprint density at radius 3 is 2.92 bits per heavy atom. The van der Waals surface area contributed by atoms with Crippen LogP contribution in [0.15, 0.2) is 24.3 Å². The second-order valence-electron chi connectivity index (χ2n) is 6.61. The molecule has 130 valence electrons. The standard InChI is InChI=1S/C18H23NO5/c1-23-8-9-24-15-6-2-4-13(10-15)16(20)19-11-14-5-3-7-18(14,12-19)17(21)22/h2,4,6,10,14H,3,5,7-9,11-12H2,1H3,(H,21,22)/t14-,18+/m0/s1. The normalized spacial score (nSPS) is 25.5. The molecule has 2 aliphatic rings. The van der Waals surface area contributed by atoms with Gasteiger partial charge in [-0.2, -0.15) is 0 Å². The van der Waals surface area contributed by atoms with Gasteiger partial charge in [-0.3, -0.25) is 9.59 Å². The molecular weight excluding hydrogens is 310 g/mol. The monoisotopic (exact) mass is 333 g/mol. The Morgan fingerprint density at radius 2 is 2.21 bits per heavy atom. The number of aliphatic carboxylic acids is 1. The second-order valence-corrected chi connectivity index (χ2v) is 6.61. The Bertz CT molecular complexity index is 632. The van der Waals surface area contributed by atoms with Crippen molar-refractivity contribution in [2.75, 3.05) is 33.4 Å². The average Bonchev–Trinajstić information content (AvgIpc) is 3.13. The molecular formula is C18H23NO5. The first-order valence-corrected chi connectivity index (χ1v) is 8.31. The van der Waals surface area contributed by atoms with E-state index in [2.05, 4.69) is 0 Å². The zero-order valence-corrected chi connectivity index (χ0v) is 13.9. The van der Waals surface area contributed by atoms with Crippen molar-refractivity contribution in [3.05, 3.63) is 29.8 Å². The summed E-state index contributed by atoms with van der Waals surface area (Å²) in [4.78, 5) is 26.2. The lowest BCUT2D eigenvalue weighted by molar-refractivity contribution is -0.149. The van der Waals surface area contributed by atoms with E-state index in [4.69, 9.17) is 9.47 Å². The van der Waals surface area contributed by atoms with E-state index >= 15 is 0 Å². The number of carboxylic acids is 1. The minimum Gasteiger partial charge on any atom is -0.491 e. The number of fused-ring (bicyclic) bond motifs is 1. The van der Waals surface area contributed by atoms with Crippen molar-refractivity contribution in [2.45, 2.75) is 19.3 Å². The predicted molar refractivity (Wildman–Crippen MR) is 87.1 cm³/mol. The summed E-state index contributed by atoms with van der Waals surface area (Å²) in [6.07, 6.45) is 2.48. The molecule has 2 fully saturated rings. The average molecular weight is 333 g/mol. The molecule has 1 heterocycles. The van der Waals surface area contributed by atoms with E-state index in [0.717, 1.165) is 12.8 Å². The number of nitrogens with zero attached hydrogens (tertiary/aromatic N) is 1. The Balaban J connectivity index is 1.71. The van der Waals surface area contributed by atoms with E-state index in [1.54, 1.807) is 36.3 Å². The van der Waals surface area contributed by atoms with Crippen LogP contribution in [0, 0.1) is 11.3 Å². The van der Waals surface area contributed by atoms with Crippen molar-refractivity contribution in [3.63, 3.8) is 0 Å². The largest absolute Gasteiger partial charge is 0.491 e. The predicted octanol–water partition coefficient (Wildman–Crippen LogP) is 2.04. The number of benzene rings is 1. The molecule has 6 heteroatoms. The maximum Gasteiger partial charge on any atom is 0.311 e. The summed E-state index contributed by atoms with van der Waals surface area (Å²) in [5.41, 5.74) is -0.215. The zero-order valence-electron chi connectivity index (χ0n) is 13.9. The lowest BCUT2D eigenvalue weighted by Gasteiger charge is -2.23. The summed E-state index contributed by atoms with van der Waals surface area (Å²) in [6, 6.07) is 7.02. The number of amides is 1. The second kappa shape index (κ2) is 6.81. The van der Waals surface area contributed by atoms with Gasteiger partial charge in [0.25, 0.3) is 5.91 Å². The highest BCUT2D eigenvalue weighted by Gasteiger charge is 2.55. The third kappa shape index (κ3) is 2.98. The fraction of sp³-hybridized carbons (Fsp3) is 0.556. The molecule has 6 nitrogen and oxygen atoms in total. The van der Waals surface area contributed by atoms with E-state index in [9.17, 15) is 14.7 Å². The van der Waals surface area contributed by atoms with E-state index in [0.29, 0.717) is 44.0 Å². The highest BCUT2D eigenvalue weighted by Crippen LogP contribution is 2.49. The first-order chi connectivity index (χ1) is 11.6. The third-order valence-corrected chi connectivity index (χ3v) is 5.22. The van der Waals surface area contributed by atoms with E-state index < -0.39 is 11.4 Å². The van der Waals surface area contributed by atoms with E-state index in [-0.39, 0.29) is 11.8 Å². The molecule has 0 spiro atoms. The number of likely N-dealkylation sites (tertiary alicyclic amines) is 1. The smallest absolute Gasteiger partial charge is 0.311 e. The molecule has 3 rings (SSSR count). The van der Waals surface area contributed by atoms with Crippen LogP contribution in [0.2, 0.25) is 0 Å². The van der Waals surface area contributed by atoms with Gasteiger partial charge in [0.05, 0.1) is 12.0 Å². The van der Waals surface area contributed by atoms with Crippen LogP contribution >= 0.6 is 0 Å². The summed E-state index contributed by atoms with van der Waals surface area (Å²) < 4.78 is 10.5. The van der Waals surface area contributed by atoms with Crippen molar-refractivity contribution in [1.29, 1.82) is 0 Å². The molecule has 2 atom stereocenters. The molecule has 1 aliphatic heterocycles. The van der Waals surface area contributed by atoms with Crippen LogP contribution in [0.3, 0.4) is 0 Å². The Hall–Kier alpha value is -2.08. The van der Waals surface area contributed by atoms with Gasteiger partial charge in [0, 0.05) is 25.8 Å². The van der Waals surface area contributed by atoms with Crippen molar-refractivity contribution < 1.29 is 24.2 Å². The number of carbonyl (C=O) groups excluding carboxylic acids is 1. The fourth-order valence-corrected chi connectivity index (χ4v) is 3.94. The quantitative estimate of drug-likeness (QED) is 0.806. The molecule has 1 N–H and O–H groups in total. The van der Waals surface area contributed by atoms with Crippen LogP contribution in [0.4, 0.5) is 0 Å². The van der Waals surface area contributed by atoms with Crippen molar-refractivity contribution in [3.8, 4) is 5.75 Å². The topological polar surface area (TPSA) is 76.1 Å². The summed E-state index contributed by atoms with van der Waals surface area (Å²) in [5, 5.41) is 9.64. The van der Waals surface area contributed by atoms with Crippen LogP contribution in [0.1, 0.15) is 29.6 Å². The number of rotatable bonds is 6. The molecule has 1 amide bonds. The van der Waals surface area contributed by atoms with Gasteiger partial charge in [0.2, 0.25) is 0 Å². The Labute approximate surface area is 141 Å². The number of carbonyl (C=O) groups is 2. The summed E-state index contributed by atoms with van der Waals surface area (Å²) in [5.74, 6) is -0.204. The van der Waals surface area contributed by atoms with Gasteiger partial charge in [0.1, 0.15) is 12.4 Å². The van der Waals surface area contributed by atoms with Crippen molar-refractivity contribution >= 4 is 11.9 Å². The van der Waals surface area contributed by atoms with E-state index in [1.807, 2.05) is 0 Å². The maximum atomic E-state index is 12.8. The highest BCUT2D eigenvalue weighted by atomic mass is 16.5. The van der Waals surface area contributed by atoms with Gasteiger partial charge in [0.15, 0.2) is 0 Å². The van der Waals surface area contributed by atoms with Gasteiger partial charge in [-0.25, -0.2) is 0 Å². The minimum absolute atomic E-state index is 0.0695. The Kier molecular flexibility index (Phi) is 4.76. The number of hydrogen-bond acceptors (Lipinski definition) is 4. The molecule has 0 unspecified atom stereocenters. The van der Waals surface area contributed by atoms with Crippen molar-refractivity contribution in [1.82, 2.24) is 4.90 Å².